The van der Waals surface area contributed by atoms with Gasteiger partial charge in [-0.15, -0.1) is 0 Å². The lowest BCUT2D eigenvalue weighted by molar-refractivity contribution is 0.509. The molecule has 96 valence electrons. The number of halogens is 2. The Morgan fingerprint density at radius 2 is 1.84 bits per heavy atom. The molecule has 0 radical (unpaired) electrons. The normalized spacial score (nSPS) is 10.8. The van der Waals surface area contributed by atoms with Gasteiger partial charge in [0.25, 0.3) is 0 Å². The van der Waals surface area contributed by atoms with Crippen LogP contribution in [0.1, 0.15) is 0 Å². The molecular weight excluding hydrogens is 248 g/mol. The van der Waals surface area contributed by atoms with Crippen LogP contribution >= 0.6 is 0 Å². The molecule has 0 amide bonds. The van der Waals surface area contributed by atoms with E-state index in [1.54, 1.807) is 18.6 Å². The van der Waals surface area contributed by atoms with Gasteiger partial charge in [-0.2, -0.15) is 0 Å². The molecule has 2 aromatic heterocycles. The van der Waals surface area contributed by atoms with Crippen LogP contribution in [0.4, 0.5) is 8.78 Å². The van der Waals surface area contributed by atoms with Gasteiger partial charge in [0.2, 0.25) is 0 Å². The Kier molecular flexibility index (Phi) is 2.87. The van der Waals surface area contributed by atoms with Gasteiger partial charge in [-0.1, -0.05) is 6.07 Å². The van der Waals surface area contributed by atoms with Crippen molar-refractivity contribution in [1.82, 2.24) is 14.1 Å². The highest BCUT2D eigenvalue weighted by atomic mass is 19.2. The van der Waals surface area contributed by atoms with E-state index in [-0.39, 0.29) is 0 Å². The summed E-state index contributed by atoms with van der Waals surface area (Å²) in [5.74, 6) is -1.67. The summed E-state index contributed by atoms with van der Waals surface area (Å²) in [6, 6.07) is 5.77. The molecule has 0 unspecified atom stereocenters. The molecule has 19 heavy (non-hydrogen) atoms. The Bertz CT molecular complexity index is 687. The molecule has 0 fully saturated rings. The van der Waals surface area contributed by atoms with Crippen LogP contribution < -0.4 is 0 Å². The van der Waals surface area contributed by atoms with Crippen LogP contribution in [0, 0.1) is 11.6 Å². The number of rotatable bonds is 3. The van der Waals surface area contributed by atoms with Crippen molar-refractivity contribution in [2.24, 2.45) is 0 Å². The predicted molar refractivity (Wildman–Crippen MR) is 67.4 cm³/mol. The quantitative estimate of drug-likeness (QED) is 0.708. The van der Waals surface area contributed by atoms with E-state index in [9.17, 15) is 8.78 Å². The maximum absolute atomic E-state index is 13.2. The number of imidazole rings is 1. The summed E-state index contributed by atoms with van der Waals surface area (Å²) in [6.07, 6.45) is 9.05. The molecule has 0 spiro atoms. The standard InChI is InChI=1S/C14H11F2N3/c15-13-2-1-11(7-14(13)16)12-3-5-18(8-12)10-19-6-4-17-9-19/h1-9H,10H2. The summed E-state index contributed by atoms with van der Waals surface area (Å²) >= 11 is 0. The molecule has 0 bridgehead atoms. The Hall–Kier alpha value is -2.43. The van der Waals surface area contributed by atoms with Gasteiger partial charge in [0.05, 0.1) is 13.0 Å². The van der Waals surface area contributed by atoms with E-state index in [1.807, 2.05) is 33.8 Å². The fraction of sp³-hybridized carbons (Fsp3) is 0.0714. The summed E-state index contributed by atoms with van der Waals surface area (Å²) in [5, 5.41) is 0. The summed E-state index contributed by atoms with van der Waals surface area (Å²) in [6.45, 7) is 0.629. The second-order valence-electron chi connectivity index (χ2n) is 4.26. The molecule has 3 rings (SSSR count). The maximum atomic E-state index is 13.2. The number of benzene rings is 1. The lowest BCUT2D eigenvalue weighted by Gasteiger charge is -2.03. The number of hydrogen-bond donors (Lipinski definition) is 0. The van der Waals surface area contributed by atoms with Crippen molar-refractivity contribution in [1.29, 1.82) is 0 Å². The van der Waals surface area contributed by atoms with Crippen LogP contribution in [0.3, 0.4) is 0 Å². The van der Waals surface area contributed by atoms with Gasteiger partial charge in [-0.25, -0.2) is 13.8 Å². The van der Waals surface area contributed by atoms with Crippen molar-refractivity contribution in [2.75, 3.05) is 0 Å². The third-order valence-electron chi connectivity index (χ3n) is 2.89. The van der Waals surface area contributed by atoms with Crippen molar-refractivity contribution in [3.63, 3.8) is 0 Å². The zero-order chi connectivity index (χ0) is 13.2. The predicted octanol–water partition coefficient (Wildman–Crippen LogP) is 3.14. The van der Waals surface area contributed by atoms with Gasteiger partial charge in [-0.05, 0) is 29.3 Å². The molecule has 0 saturated carbocycles. The molecule has 0 atom stereocenters. The topological polar surface area (TPSA) is 22.8 Å². The van der Waals surface area contributed by atoms with Crippen LogP contribution in [0.5, 0.6) is 0 Å². The minimum atomic E-state index is -0.833. The Labute approximate surface area is 108 Å². The third-order valence-corrected chi connectivity index (χ3v) is 2.89. The molecule has 1 aromatic carbocycles. The molecule has 0 N–H and O–H groups in total. The number of aromatic nitrogens is 3. The number of nitrogens with zero attached hydrogens (tertiary/aromatic N) is 3. The lowest BCUT2D eigenvalue weighted by Crippen LogP contribution is -2.03. The first-order valence-corrected chi connectivity index (χ1v) is 5.79. The monoisotopic (exact) mass is 259 g/mol. The van der Waals surface area contributed by atoms with Crippen molar-refractivity contribution in [3.8, 4) is 11.1 Å². The van der Waals surface area contributed by atoms with Crippen molar-refractivity contribution in [3.05, 3.63) is 67.0 Å². The van der Waals surface area contributed by atoms with E-state index in [4.69, 9.17) is 0 Å². The summed E-state index contributed by atoms with van der Waals surface area (Å²) in [7, 11) is 0. The summed E-state index contributed by atoms with van der Waals surface area (Å²) in [4.78, 5) is 3.96. The van der Waals surface area contributed by atoms with Crippen molar-refractivity contribution in [2.45, 2.75) is 6.67 Å². The van der Waals surface area contributed by atoms with Gasteiger partial charge in [0.1, 0.15) is 0 Å². The van der Waals surface area contributed by atoms with E-state index < -0.39 is 11.6 Å². The van der Waals surface area contributed by atoms with E-state index >= 15 is 0 Å². The van der Waals surface area contributed by atoms with E-state index in [1.165, 1.54) is 6.07 Å². The second-order valence-corrected chi connectivity index (χ2v) is 4.26. The van der Waals surface area contributed by atoms with Crippen LogP contribution in [0.25, 0.3) is 11.1 Å². The highest BCUT2D eigenvalue weighted by Crippen LogP contribution is 2.21. The first-order valence-electron chi connectivity index (χ1n) is 5.79. The fourth-order valence-corrected chi connectivity index (χ4v) is 1.93. The highest BCUT2D eigenvalue weighted by Gasteiger charge is 2.05. The average Bonchev–Trinajstić information content (AvgIpc) is 3.05. The zero-order valence-electron chi connectivity index (χ0n) is 10.0. The summed E-state index contributed by atoms with van der Waals surface area (Å²) < 4.78 is 29.9. The SMILES string of the molecule is Fc1ccc(-c2ccn(Cn3ccnc3)c2)cc1F. The van der Waals surface area contributed by atoms with Gasteiger partial charge in [0, 0.05) is 24.8 Å². The molecule has 0 aliphatic carbocycles. The van der Waals surface area contributed by atoms with Crippen LogP contribution in [0.15, 0.2) is 55.4 Å². The van der Waals surface area contributed by atoms with E-state index in [0.29, 0.717) is 12.2 Å². The van der Waals surface area contributed by atoms with Crippen LogP contribution in [-0.4, -0.2) is 14.1 Å². The molecule has 0 aliphatic heterocycles. The van der Waals surface area contributed by atoms with Crippen LogP contribution in [0.2, 0.25) is 0 Å². The molecule has 3 nitrogen and oxygen atoms in total. The molecular formula is C14H11F2N3. The molecule has 5 heteroatoms. The van der Waals surface area contributed by atoms with Gasteiger partial charge in [-0.3, -0.25) is 0 Å². The minimum absolute atomic E-state index is 0.629. The molecule has 2 heterocycles. The molecule has 0 saturated heterocycles. The minimum Gasteiger partial charge on any atom is -0.335 e. The maximum Gasteiger partial charge on any atom is 0.159 e. The summed E-state index contributed by atoms with van der Waals surface area (Å²) in [5.41, 5.74) is 1.50. The third kappa shape index (κ3) is 2.40. The largest absolute Gasteiger partial charge is 0.335 e. The molecule has 3 aromatic rings. The first-order chi connectivity index (χ1) is 9.22. The Morgan fingerprint density at radius 1 is 0.947 bits per heavy atom. The first kappa shape index (κ1) is 11.6. The lowest BCUT2D eigenvalue weighted by atomic mass is 10.1. The Morgan fingerprint density at radius 3 is 2.58 bits per heavy atom. The van der Waals surface area contributed by atoms with E-state index in [2.05, 4.69) is 4.98 Å². The van der Waals surface area contributed by atoms with Crippen LogP contribution in [-0.2, 0) is 6.67 Å². The Balaban J connectivity index is 1.86. The average molecular weight is 259 g/mol. The van der Waals surface area contributed by atoms with Gasteiger partial charge >= 0.3 is 0 Å². The van der Waals surface area contributed by atoms with Gasteiger partial charge < -0.3 is 9.13 Å². The molecule has 0 aliphatic rings. The van der Waals surface area contributed by atoms with Crippen molar-refractivity contribution >= 4 is 0 Å². The highest BCUT2D eigenvalue weighted by molar-refractivity contribution is 5.62. The van der Waals surface area contributed by atoms with Crippen molar-refractivity contribution < 1.29 is 8.78 Å². The second kappa shape index (κ2) is 4.68. The van der Waals surface area contributed by atoms with Gasteiger partial charge in [0.15, 0.2) is 11.6 Å². The fourth-order valence-electron chi connectivity index (χ4n) is 1.93. The van der Waals surface area contributed by atoms with E-state index in [0.717, 1.165) is 11.6 Å². The number of hydrogen-bond acceptors (Lipinski definition) is 1. The smallest absolute Gasteiger partial charge is 0.159 e. The zero-order valence-corrected chi connectivity index (χ0v) is 10.0.